The molecule has 0 saturated carbocycles. The largest absolute Gasteiger partial charge is 0.324 e. The van der Waals surface area contributed by atoms with Gasteiger partial charge in [0.05, 0.1) is 10.9 Å². The molecule has 2 aromatic rings. The summed E-state index contributed by atoms with van der Waals surface area (Å²) in [7, 11) is 0. The van der Waals surface area contributed by atoms with Crippen molar-refractivity contribution in [3.8, 4) is 0 Å². The van der Waals surface area contributed by atoms with E-state index >= 15 is 0 Å². The van der Waals surface area contributed by atoms with Gasteiger partial charge in [0, 0.05) is 12.1 Å². The summed E-state index contributed by atoms with van der Waals surface area (Å²) >= 11 is 6.12. The molecule has 0 bridgehead atoms. The van der Waals surface area contributed by atoms with Crippen molar-refractivity contribution < 1.29 is 8.78 Å². The van der Waals surface area contributed by atoms with Gasteiger partial charge in [-0.05, 0) is 26.3 Å². The quantitative estimate of drug-likeness (QED) is 0.725. The zero-order valence-corrected chi connectivity index (χ0v) is 12.0. The highest BCUT2D eigenvalue weighted by atomic mass is 35.5. The van der Waals surface area contributed by atoms with Crippen LogP contribution in [0.4, 0.5) is 8.78 Å². The molecule has 0 aliphatic carbocycles. The average Bonchev–Trinajstić information content (AvgIpc) is 2.68. The molecule has 2 nitrogen and oxygen atoms in total. The minimum absolute atomic E-state index is 0.104. The lowest BCUT2D eigenvalue weighted by Gasteiger charge is -2.18. The Hall–Kier alpha value is -1.16. The Morgan fingerprint density at radius 3 is 2.58 bits per heavy atom. The lowest BCUT2D eigenvalue weighted by Crippen LogP contribution is -2.09. The first kappa shape index (κ1) is 14.3. The van der Waals surface area contributed by atoms with Gasteiger partial charge < -0.3 is 4.57 Å². The van der Waals surface area contributed by atoms with Crippen LogP contribution in [0.5, 0.6) is 0 Å². The molecule has 19 heavy (non-hydrogen) atoms. The first-order valence-electron chi connectivity index (χ1n) is 6.46. The van der Waals surface area contributed by atoms with Crippen LogP contribution in [-0.4, -0.2) is 9.55 Å². The van der Waals surface area contributed by atoms with E-state index in [-0.39, 0.29) is 16.9 Å². The van der Waals surface area contributed by atoms with Gasteiger partial charge in [0.1, 0.15) is 17.2 Å². The molecule has 1 aromatic heterocycles. The smallest absolute Gasteiger partial charge is 0.153 e. The third-order valence-corrected chi connectivity index (χ3v) is 3.44. The Morgan fingerprint density at radius 2 is 2.00 bits per heavy atom. The van der Waals surface area contributed by atoms with Crippen molar-refractivity contribution in [1.82, 2.24) is 9.55 Å². The lowest BCUT2D eigenvalue weighted by atomic mass is 10.2. The number of hydrogen-bond acceptors (Lipinski definition) is 1. The van der Waals surface area contributed by atoms with E-state index in [0.29, 0.717) is 11.3 Å². The molecule has 5 heteroatoms. The topological polar surface area (TPSA) is 17.8 Å². The molecule has 1 heterocycles. The number of rotatable bonds is 4. The molecule has 0 saturated heterocycles. The molecule has 104 valence electrons. The number of hydrogen-bond donors (Lipinski definition) is 0. The van der Waals surface area contributed by atoms with Gasteiger partial charge >= 0.3 is 0 Å². The molecular formula is C14H17ClF2N2. The van der Waals surface area contributed by atoms with E-state index < -0.39 is 11.6 Å². The zero-order valence-electron chi connectivity index (χ0n) is 11.3. The fraction of sp³-hybridized carbons (Fsp3) is 0.500. The number of halogens is 3. The van der Waals surface area contributed by atoms with Gasteiger partial charge in [-0.2, -0.15) is 0 Å². The van der Waals surface area contributed by atoms with Crippen LogP contribution in [0.15, 0.2) is 12.1 Å². The normalized spacial score (nSPS) is 14.8. The number of alkyl halides is 1. The van der Waals surface area contributed by atoms with Gasteiger partial charge in [-0.3, -0.25) is 0 Å². The fourth-order valence-electron chi connectivity index (χ4n) is 2.43. The minimum atomic E-state index is -0.643. The fourth-order valence-corrected chi connectivity index (χ4v) is 2.58. The SMILES string of the molecule is CCCC(C)n1c(C(C)Cl)nc2c(F)cc(F)cc21. The summed E-state index contributed by atoms with van der Waals surface area (Å²) in [5.41, 5.74) is 0.660. The van der Waals surface area contributed by atoms with Gasteiger partial charge in [-0.1, -0.05) is 13.3 Å². The molecule has 2 atom stereocenters. The summed E-state index contributed by atoms with van der Waals surface area (Å²) in [6, 6.07) is 2.28. The van der Waals surface area contributed by atoms with Crippen LogP contribution >= 0.6 is 11.6 Å². The highest BCUT2D eigenvalue weighted by molar-refractivity contribution is 6.20. The molecule has 2 rings (SSSR count). The number of aromatic nitrogens is 2. The minimum Gasteiger partial charge on any atom is -0.324 e. The van der Waals surface area contributed by atoms with Gasteiger partial charge in [0.25, 0.3) is 0 Å². The molecule has 0 fully saturated rings. The van der Waals surface area contributed by atoms with E-state index in [1.807, 2.05) is 11.5 Å². The first-order chi connectivity index (χ1) is 8.95. The maximum absolute atomic E-state index is 13.8. The Bertz CT molecular complexity index is 593. The van der Waals surface area contributed by atoms with E-state index in [1.165, 1.54) is 6.07 Å². The van der Waals surface area contributed by atoms with Crippen LogP contribution < -0.4 is 0 Å². The predicted molar refractivity (Wildman–Crippen MR) is 73.5 cm³/mol. The highest BCUT2D eigenvalue weighted by Crippen LogP contribution is 2.31. The number of fused-ring (bicyclic) bond motifs is 1. The summed E-state index contributed by atoms with van der Waals surface area (Å²) in [5, 5.41) is -0.353. The monoisotopic (exact) mass is 286 g/mol. The number of benzene rings is 1. The maximum Gasteiger partial charge on any atom is 0.153 e. The third-order valence-electron chi connectivity index (χ3n) is 3.24. The second-order valence-electron chi connectivity index (χ2n) is 4.85. The van der Waals surface area contributed by atoms with Gasteiger partial charge in [-0.15, -0.1) is 11.6 Å². The summed E-state index contributed by atoms with van der Waals surface area (Å²) in [6.07, 6.45) is 1.88. The summed E-state index contributed by atoms with van der Waals surface area (Å²) < 4.78 is 29.1. The Balaban J connectivity index is 2.72. The molecule has 0 radical (unpaired) electrons. The van der Waals surface area contributed by atoms with Crippen molar-refractivity contribution >= 4 is 22.6 Å². The molecule has 2 unspecified atom stereocenters. The average molecular weight is 287 g/mol. The molecule has 1 aromatic carbocycles. The molecule has 0 amide bonds. The zero-order chi connectivity index (χ0) is 14.2. The third kappa shape index (κ3) is 2.59. The van der Waals surface area contributed by atoms with Gasteiger partial charge in [-0.25, -0.2) is 13.8 Å². The number of nitrogens with zero attached hydrogens (tertiary/aromatic N) is 2. The van der Waals surface area contributed by atoms with E-state index in [4.69, 9.17) is 11.6 Å². The van der Waals surface area contributed by atoms with Crippen molar-refractivity contribution in [2.75, 3.05) is 0 Å². The molecule has 0 aliphatic heterocycles. The van der Waals surface area contributed by atoms with E-state index in [2.05, 4.69) is 11.9 Å². The summed E-state index contributed by atoms with van der Waals surface area (Å²) in [4.78, 5) is 4.25. The Labute approximate surface area is 116 Å². The van der Waals surface area contributed by atoms with Crippen LogP contribution in [0.2, 0.25) is 0 Å². The first-order valence-corrected chi connectivity index (χ1v) is 6.90. The Morgan fingerprint density at radius 1 is 1.32 bits per heavy atom. The second kappa shape index (κ2) is 5.45. The second-order valence-corrected chi connectivity index (χ2v) is 5.50. The van der Waals surface area contributed by atoms with Crippen LogP contribution in [0.1, 0.15) is 50.9 Å². The van der Waals surface area contributed by atoms with Gasteiger partial charge in [0.2, 0.25) is 0 Å². The van der Waals surface area contributed by atoms with Crippen molar-refractivity contribution in [2.45, 2.75) is 45.0 Å². The lowest BCUT2D eigenvalue weighted by molar-refractivity contribution is 0.493. The molecule has 0 N–H and O–H groups in total. The molecule has 0 spiro atoms. The molecular weight excluding hydrogens is 270 g/mol. The predicted octanol–water partition coefficient (Wildman–Crippen LogP) is 4.98. The van der Waals surface area contributed by atoms with Crippen molar-refractivity contribution in [3.63, 3.8) is 0 Å². The van der Waals surface area contributed by atoms with Crippen molar-refractivity contribution in [3.05, 3.63) is 29.6 Å². The van der Waals surface area contributed by atoms with Crippen LogP contribution in [-0.2, 0) is 0 Å². The summed E-state index contributed by atoms with van der Waals surface area (Å²) in [6.45, 7) is 5.86. The molecule has 0 aliphatic rings. The van der Waals surface area contributed by atoms with E-state index in [1.54, 1.807) is 6.92 Å². The summed E-state index contributed by atoms with van der Waals surface area (Å²) in [5.74, 6) is -0.651. The van der Waals surface area contributed by atoms with Crippen molar-refractivity contribution in [2.24, 2.45) is 0 Å². The van der Waals surface area contributed by atoms with E-state index in [9.17, 15) is 8.78 Å². The van der Waals surface area contributed by atoms with Crippen LogP contribution in [0.25, 0.3) is 11.0 Å². The number of imidazole rings is 1. The van der Waals surface area contributed by atoms with Crippen LogP contribution in [0, 0.1) is 11.6 Å². The van der Waals surface area contributed by atoms with E-state index in [0.717, 1.165) is 18.9 Å². The van der Waals surface area contributed by atoms with Crippen molar-refractivity contribution in [1.29, 1.82) is 0 Å². The maximum atomic E-state index is 13.8. The Kier molecular flexibility index (Phi) is 4.09. The van der Waals surface area contributed by atoms with Gasteiger partial charge in [0.15, 0.2) is 5.82 Å². The highest BCUT2D eigenvalue weighted by Gasteiger charge is 2.21. The van der Waals surface area contributed by atoms with Crippen LogP contribution in [0.3, 0.4) is 0 Å². The standard InChI is InChI=1S/C14H17ClF2N2/c1-4-5-8(2)19-12-7-10(16)6-11(17)13(12)18-14(19)9(3)15/h6-9H,4-5H2,1-3H3.